The summed E-state index contributed by atoms with van der Waals surface area (Å²) in [6.07, 6.45) is 0. The van der Waals surface area contributed by atoms with Gasteiger partial charge in [0.05, 0.1) is 17.3 Å². The summed E-state index contributed by atoms with van der Waals surface area (Å²) in [6, 6.07) is -0.609. The van der Waals surface area contributed by atoms with E-state index in [4.69, 9.17) is 0 Å². The van der Waals surface area contributed by atoms with E-state index in [9.17, 15) is 13.2 Å². The molecule has 0 N–H and O–H groups in total. The topological polar surface area (TPSA) is 75.5 Å². The van der Waals surface area contributed by atoms with Crippen LogP contribution in [0.25, 0.3) is 0 Å². The van der Waals surface area contributed by atoms with Crippen LogP contribution in [-0.4, -0.2) is 75.6 Å². The fraction of sp³-hybridized carbons (Fsp3) is 0.714. The van der Waals surface area contributed by atoms with Crippen LogP contribution < -0.4 is 0 Å². The van der Waals surface area contributed by atoms with Crippen molar-refractivity contribution in [3.05, 3.63) is 11.4 Å². The Morgan fingerprint density at radius 1 is 1.21 bits per heavy atom. The van der Waals surface area contributed by atoms with E-state index in [1.165, 1.54) is 16.1 Å². The summed E-state index contributed by atoms with van der Waals surface area (Å²) in [5.74, 6) is 2.59. The number of rotatable bonds is 3. The minimum atomic E-state index is -3.74. The second kappa shape index (κ2) is 6.89. The van der Waals surface area contributed by atoms with E-state index in [2.05, 4.69) is 5.10 Å². The Balaban J connectivity index is 1.90. The van der Waals surface area contributed by atoms with Gasteiger partial charge in [-0.25, -0.2) is 8.42 Å². The highest BCUT2D eigenvalue weighted by Gasteiger charge is 2.43. The minimum Gasteiger partial charge on any atom is -0.340 e. The standard InChI is InChI=1S/C14H22N4O3S3/c1-10-13(11(2)16(3)15-10)24(20,21)18-9-23-8-12(18)14(19)17-4-6-22-7-5-17/h12H,4-9H2,1-3H3. The molecule has 0 spiro atoms. The summed E-state index contributed by atoms with van der Waals surface area (Å²) in [5.41, 5.74) is 1.08. The van der Waals surface area contributed by atoms with Crippen LogP contribution >= 0.6 is 23.5 Å². The molecule has 0 bridgehead atoms. The third kappa shape index (κ3) is 3.09. The number of sulfonamides is 1. The van der Waals surface area contributed by atoms with Gasteiger partial charge in [0.2, 0.25) is 15.9 Å². The number of aromatic nitrogens is 2. The van der Waals surface area contributed by atoms with Crippen LogP contribution in [-0.2, 0) is 21.9 Å². The van der Waals surface area contributed by atoms with Crippen molar-refractivity contribution < 1.29 is 13.2 Å². The van der Waals surface area contributed by atoms with E-state index in [1.807, 2.05) is 11.8 Å². The van der Waals surface area contributed by atoms with Crippen molar-refractivity contribution in [2.45, 2.75) is 24.8 Å². The number of amides is 1. The number of aryl methyl sites for hydroxylation is 2. The van der Waals surface area contributed by atoms with Crippen molar-refractivity contribution in [1.82, 2.24) is 19.0 Å². The average molecular weight is 391 g/mol. The van der Waals surface area contributed by atoms with Crippen LogP contribution in [0.4, 0.5) is 0 Å². The lowest BCUT2D eigenvalue weighted by atomic mass is 10.3. The summed E-state index contributed by atoms with van der Waals surface area (Å²) >= 11 is 3.32. The summed E-state index contributed by atoms with van der Waals surface area (Å²) in [6.45, 7) is 4.84. The fourth-order valence-electron chi connectivity index (χ4n) is 3.10. The number of nitrogens with zero attached hydrogens (tertiary/aromatic N) is 4. The maximum atomic E-state index is 13.2. The SMILES string of the molecule is Cc1nn(C)c(C)c1S(=O)(=O)N1CSCC1C(=O)N1CCSCC1. The van der Waals surface area contributed by atoms with Crippen molar-refractivity contribution in [2.24, 2.45) is 7.05 Å². The second-order valence-corrected chi connectivity index (χ2v) is 10.0. The number of carbonyl (C=O) groups excluding carboxylic acids is 1. The third-order valence-electron chi connectivity index (χ3n) is 4.46. The molecule has 24 heavy (non-hydrogen) atoms. The molecule has 1 atom stereocenters. The zero-order valence-electron chi connectivity index (χ0n) is 14.1. The highest BCUT2D eigenvalue weighted by atomic mass is 32.2. The Bertz CT molecular complexity index is 741. The molecule has 0 aliphatic carbocycles. The van der Waals surface area contributed by atoms with Gasteiger partial charge in [-0.1, -0.05) is 0 Å². The van der Waals surface area contributed by atoms with E-state index in [0.29, 0.717) is 36.1 Å². The van der Waals surface area contributed by atoms with Crippen molar-refractivity contribution in [3.63, 3.8) is 0 Å². The van der Waals surface area contributed by atoms with Crippen LogP contribution in [0.3, 0.4) is 0 Å². The first-order chi connectivity index (χ1) is 11.3. The van der Waals surface area contributed by atoms with Crippen LogP contribution in [0.1, 0.15) is 11.4 Å². The van der Waals surface area contributed by atoms with Gasteiger partial charge in [0, 0.05) is 37.4 Å². The van der Waals surface area contributed by atoms with E-state index in [0.717, 1.165) is 11.5 Å². The van der Waals surface area contributed by atoms with Gasteiger partial charge in [0.1, 0.15) is 10.9 Å². The molecule has 10 heteroatoms. The Morgan fingerprint density at radius 2 is 1.88 bits per heavy atom. The zero-order valence-corrected chi connectivity index (χ0v) is 16.5. The van der Waals surface area contributed by atoms with E-state index in [-0.39, 0.29) is 10.8 Å². The average Bonchev–Trinajstić information content (AvgIpc) is 3.13. The summed E-state index contributed by atoms with van der Waals surface area (Å²) in [7, 11) is -2.01. The van der Waals surface area contributed by atoms with E-state index >= 15 is 0 Å². The molecule has 2 saturated heterocycles. The van der Waals surface area contributed by atoms with Gasteiger partial charge in [0.25, 0.3) is 0 Å². The fourth-order valence-corrected chi connectivity index (χ4v) is 7.54. The number of hydrogen-bond acceptors (Lipinski definition) is 6. The molecule has 1 amide bonds. The molecule has 0 saturated carbocycles. The predicted molar refractivity (Wildman–Crippen MR) is 96.7 cm³/mol. The lowest BCUT2D eigenvalue weighted by molar-refractivity contribution is -0.133. The molecule has 0 radical (unpaired) electrons. The quantitative estimate of drug-likeness (QED) is 0.755. The Labute approximate surface area is 151 Å². The van der Waals surface area contributed by atoms with Gasteiger partial charge in [-0.15, -0.1) is 11.8 Å². The van der Waals surface area contributed by atoms with Crippen LogP contribution in [0.15, 0.2) is 4.90 Å². The Hall–Kier alpha value is -0.710. The smallest absolute Gasteiger partial charge is 0.248 e. The van der Waals surface area contributed by atoms with Gasteiger partial charge < -0.3 is 4.90 Å². The highest BCUT2D eigenvalue weighted by molar-refractivity contribution is 8.00. The molecular formula is C14H22N4O3S3. The number of thioether (sulfide) groups is 2. The molecule has 1 aromatic heterocycles. The van der Waals surface area contributed by atoms with Gasteiger partial charge in [-0.05, 0) is 13.8 Å². The van der Waals surface area contributed by atoms with Gasteiger partial charge in [-0.3, -0.25) is 9.48 Å². The van der Waals surface area contributed by atoms with Crippen LogP contribution in [0, 0.1) is 13.8 Å². The predicted octanol–water partition coefficient (Wildman–Crippen LogP) is 0.676. The number of hydrogen-bond donors (Lipinski definition) is 0. The first-order valence-corrected chi connectivity index (χ1v) is 11.6. The molecule has 2 aliphatic heterocycles. The zero-order chi connectivity index (χ0) is 17.5. The molecule has 1 aromatic rings. The van der Waals surface area contributed by atoms with Crippen LogP contribution in [0.5, 0.6) is 0 Å². The lowest BCUT2D eigenvalue weighted by Gasteiger charge is -2.31. The molecule has 134 valence electrons. The monoisotopic (exact) mass is 390 g/mol. The van der Waals surface area contributed by atoms with Crippen molar-refractivity contribution in [3.8, 4) is 0 Å². The van der Waals surface area contributed by atoms with Gasteiger partial charge in [0.15, 0.2) is 0 Å². The van der Waals surface area contributed by atoms with Gasteiger partial charge in [-0.2, -0.15) is 21.2 Å². The molecule has 2 fully saturated rings. The van der Waals surface area contributed by atoms with Crippen molar-refractivity contribution in [2.75, 3.05) is 36.2 Å². The number of carbonyl (C=O) groups is 1. The molecule has 3 rings (SSSR count). The normalized spacial score (nSPS) is 23.0. The highest BCUT2D eigenvalue weighted by Crippen LogP contribution is 2.32. The lowest BCUT2D eigenvalue weighted by Crippen LogP contribution is -2.51. The molecule has 1 unspecified atom stereocenters. The molecular weight excluding hydrogens is 368 g/mol. The maximum absolute atomic E-state index is 13.2. The minimum absolute atomic E-state index is 0.0666. The summed E-state index contributed by atoms with van der Waals surface area (Å²) in [4.78, 5) is 14.9. The molecule has 2 aliphatic rings. The van der Waals surface area contributed by atoms with Crippen molar-refractivity contribution >= 4 is 39.5 Å². The molecule has 0 aromatic carbocycles. The molecule has 3 heterocycles. The maximum Gasteiger partial charge on any atom is 0.248 e. The van der Waals surface area contributed by atoms with E-state index in [1.54, 1.807) is 30.5 Å². The summed E-state index contributed by atoms with van der Waals surface area (Å²) < 4.78 is 29.3. The molecule has 7 nitrogen and oxygen atoms in total. The third-order valence-corrected chi connectivity index (χ3v) is 8.68. The first-order valence-electron chi connectivity index (χ1n) is 7.80. The van der Waals surface area contributed by atoms with E-state index < -0.39 is 16.1 Å². The first kappa shape index (κ1) is 18.1. The Kier molecular flexibility index (Phi) is 5.19. The van der Waals surface area contributed by atoms with Crippen molar-refractivity contribution in [1.29, 1.82) is 0 Å². The second-order valence-electron chi connectivity index (χ2n) is 5.97. The van der Waals surface area contributed by atoms with Gasteiger partial charge >= 0.3 is 0 Å². The Morgan fingerprint density at radius 3 is 2.46 bits per heavy atom. The largest absolute Gasteiger partial charge is 0.340 e. The summed E-state index contributed by atoms with van der Waals surface area (Å²) in [5, 5.41) is 4.21. The van der Waals surface area contributed by atoms with Crippen LogP contribution in [0.2, 0.25) is 0 Å².